The van der Waals surface area contributed by atoms with E-state index in [2.05, 4.69) is 18.8 Å². The molecule has 3 nitrogen and oxygen atoms in total. The topological polar surface area (TPSA) is 37.4 Å². The number of rotatable bonds is 8. The summed E-state index contributed by atoms with van der Waals surface area (Å²) in [5.41, 5.74) is 1.92. The highest BCUT2D eigenvalue weighted by atomic mass is 32.2. The van der Waals surface area contributed by atoms with Gasteiger partial charge in [-0.1, -0.05) is 80.1 Å². The number of sulfonamides is 1. The van der Waals surface area contributed by atoms with Crippen LogP contribution >= 0.6 is 0 Å². The van der Waals surface area contributed by atoms with Crippen LogP contribution in [0.15, 0.2) is 59.5 Å². The first-order valence-electron chi connectivity index (χ1n) is 9.55. The van der Waals surface area contributed by atoms with E-state index in [1.165, 1.54) is 23.6 Å². The van der Waals surface area contributed by atoms with Crippen molar-refractivity contribution in [1.82, 2.24) is 4.31 Å². The highest BCUT2D eigenvalue weighted by Crippen LogP contribution is 2.26. The van der Waals surface area contributed by atoms with Gasteiger partial charge in [-0.15, -0.1) is 5.92 Å². The van der Waals surface area contributed by atoms with E-state index in [-0.39, 0.29) is 0 Å². The average molecular weight is 384 g/mol. The molecule has 0 saturated carbocycles. The number of unbranched alkanes of at least 4 members (excludes halogenated alkanes) is 4. The van der Waals surface area contributed by atoms with Gasteiger partial charge in [0, 0.05) is 13.5 Å². The maximum absolute atomic E-state index is 13.1. The Morgan fingerprint density at radius 2 is 1.63 bits per heavy atom. The summed E-state index contributed by atoms with van der Waals surface area (Å²) in [7, 11) is -2.01. The fourth-order valence-electron chi connectivity index (χ4n) is 2.84. The molecule has 0 aliphatic carbocycles. The van der Waals surface area contributed by atoms with Crippen LogP contribution in [0.25, 0.3) is 0 Å². The third-order valence-corrected chi connectivity index (χ3v) is 6.41. The molecular formula is C23H29NO2S. The lowest BCUT2D eigenvalue weighted by Crippen LogP contribution is -2.30. The molecule has 2 rings (SSSR count). The van der Waals surface area contributed by atoms with Crippen molar-refractivity contribution in [3.8, 4) is 11.8 Å². The van der Waals surface area contributed by atoms with Gasteiger partial charge in [0.1, 0.15) is 6.04 Å². The Labute approximate surface area is 164 Å². The highest BCUT2D eigenvalue weighted by molar-refractivity contribution is 7.89. The summed E-state index contributed by atoms with van der Waals surface area (Å²) in [4.78, 5) is 0.293. The van der Waals surface area contributed by atoms with Crippen LogP contribution in [0.4, 0.5) is 0 Å². The molecule has 27 heavy (non-hydrogen) atoms. The van der Waals surface area contributed by atoms with E-state index in [0.717, 1.165) is 24.0 Å². The molecule has 144 valence electrons. The molecule has 0 saturated heterocycles. The zero-order valence-electron chi connectivity index (χ0n) is 16.5. The number of benzene rings is 2. The summed E-state index contributed by atoms with van der Waals surface area (Å²) >= 11 is 0. The summed E-state index contributed by atoms with van der Waals surface area (Å²) in [5.74, 6) is 6.40. The van der Waals surface area contributed by atoms with Crippen molar-refractivity contribution in [3.05, 3.63) is 65.7 Å². The van der Waals surface area contributed by atoms with Gasteiger partial charge in [0.2, 0.25) is 10.0 Å². The lowest BCUT2D eigenvalue weighted by molar-refractivity contribution is 0.434. The quantitative estimate of drug-likeness (QED) is 0.456. The Balaban J connectivity index is 2.27. The van der Waals surface area contributed by atoms with E-state index < -0.39 is 16.1 Å². The normalized spacial score (nSPS) is 12.4. The van der Waals surface area contributed by atoms with Crippen molar-refractivity contribution in [2.24, 2.45) is 0 Å². The fourth-order valence-corrected chi connectivity index (χ4v) is 4.11. The van der Waals surface area contributed by atoms with E-state index >= 15 is 0 Å². The van der Waals surface area contributed by atoms with Crippen LogP contribution in [0.2, 0.25) is 0 Å². The summed E-state index contributed by atoms with van der Waals surface area (Å²) in [5, 5.41) is 0. The molecule has 2 aromatic rings. The molecule has 0 aromatic heterocycles. The monoisotopic (exact) mass is 383 g/mol. The van der Waals surface area contributed by atoms with E-state index in [9.17, 15) is 8.42 Å². The second-order valence-electron chi connectivity index (χ2n) is 6.78. The molecule has 0 spiro atoms. The third kappa shape index (κ3) is 5.95. The van der Waals surface area contributed by atoms with Crippen LogP contribution in [0.5, 0.6) is 0 Å². The molecule has 4 heteroatoms. The maximum atomic E-state index is 13.1. The largest absolute Gasteiger partial charge is 0.244 e. The number of nitrogens with zero attached hydrogens (tertiary/aromatic N) is 1. The number of aryl methyl sites for hydroxylation is 1. The van der Waals surface area contributed by atoms with Gasteiger partial charge in [0.05, 0.1) is 4.90 Å². The second kappa shape index (κ2) is 10.3. The molecule has 0 amide bonds. The van der Waals surface area contributed by atoms with Crippen molar-refractivity contribution in [3.63, 3.8) is 0 Å². The zero-order chi connectivity index (χ0) is 19.7. The third-order valence-electron chi connectivity index (χ3n) is 4.57. The number of hydrogen-bond donors (Lipinski definition) is 0. The zero-order valence-corrected chi connectivity index (χ0v) is 17.3. The molecule has 0 aliphatic rings. The summed E-state index contributed by atoms with van der Waals surface area (Å²) in [6.07, 6.45) is 5.42. The van der Waals surface area contributed by atoms with E-state index in [1.54, 1.807) is 19.2 Å². The Hall–Kier alpha value is -2.09. The summed E-state index contributed by atoms with van der Waals surface area (Å²) in [6.45, 7) is 4.12. The molecular weight excluding hydrogens is 354 g/mol. The van der Waals surface area contributed by atoms with Crippen molar-refractivity contribution >= 4 is 10.0 Å². The molecule has 2 aromatic carbocycles. The molecule has 0 radical (unpaired) electrons. The standard InChI is InChI=1S/C23H29NO2S/c1-4-5-6-7-8-12-15-23(21-13-10-9-11-14-21)24(3)27(25,26)22-18-16-20(2)17-19-22/h9-11,13-14,16-19,23H,4-8H2,1-3H3. The highest BCUT2D eigenvalue weighted by Gasteiger charge is 2.27. The maximum Gasteiger partial charge on any atom is 0.244 e. The smallest absolute Gasteiger partial charge is 0.207 e. The fraction of sp³-hybridized carbons (Fsp3) is 0.391. The van der Waals surface area contributed by atoms with Gasteiger partial charge in [-0.3, -0.25) is 0 Å². The molecule has 0 aliphatic heterocycles. The van der Waals surface area contributed by atoms with Gasteiger partial charge in [0.25, 0.3) is 0 Å². The van der Waals surface area contributed by atoms with E-state index in [1.807, 2.05) is 49.4 Å². The first-order valence-corrected chi connectivity index (χ1v) is 11.0. The van der Waals surface area contributed by atoms with E-state index in [4.69, 9.17) is 0 Å². The van der Waals surface area contributed by atoms with Gasteiger partial charge in [-0.05, 0) is 31.0 Å². The molecule has 0 bridgehead atoms. The molecule has 1 atom stereocenters. The first kappa shape index (κ1) is 21.2. The minimum absolute atomic E-state index is 0.293. The Kier molecular flexibility index (Phi) is 8.09. The Morgan fingerprint density at radius 1 is 0.963 bits per heavy atom. The minimum atomic E-state index is -3.62. The molecule has 1 unspecified atom stereocenters. The van der Waals surface area contributed by atoms with E-state index in [0.29, 0.717) is 4.90 Å². The van der Waals surface area contributed by atoms with Gasteiger partial charge in [0.15, 0.2) is 0 Å². The summed E-state index contributed by atoms with van der Waals surface area (Å²) in [6, 6.07) is 16.1. The number of hydrogen-bond acceptors (Lipinski definition) is 2. The Morgan fingerprint density at radius 3 is 2.26 bits per heavy atom. The van der Waals surface area contributed by atoms with Crippen LogP contribution in [0.1, 0.15) is 56.2 Å². The first-order chi connectivity index (χ1) is 13.0. The van der Waals surface area contributed by atoms with Crippen LogP contribution in [-0.2, 0) is 10.0 Å². The second-order valence-corrected chi connectivity index (χ2v) is 8.78. The van der Waals surface area contributed by atoms with Crippen LogP contribution in [0, 0.1) is 18.8 Å². The Bertz CT molecular complexity index is 862. The molecule has 0 heterocycles. The lowest BCUT2D eigenvalue weighted by atomic mass is 10.1. The van der Waals surface area contributed by atoms with Crippen LogP contribution in [-0.4, -0.2) is 19.8 Å². The predicted octanol–water partition coefficient (Wildman–Crippen LogP) is 5.33. The lowest BCUT2D eigenvalue weighted by Gasteiger charge is -2.24. The molecule has 0 N–H and O–H groups in total. The summed E-state index contributed by atoms with van der Waals surface area (Å²) < 4.78 is 27.6. The predicted molar refractivity (Wildman–Crippen MR) is 112 cm³/mol. The van der Waals surface area contributed by atoms with Crippen molar-refractivity contribution in [2.45, 2.75) is 56.9 Å². The van der Waals surface area contributed by atoms with Crippen molar-refractivity contribution in [1.29, 1.82) is 0 Å². The molecule has 0 fully saturated rings. The van der Waals surface area contributed by atoms with Crippen LogP contribution in [0.3, 0.4) is 0 Å². The van der Waals surface area contributed by atoms with Gasteiger partial charge < -0.3 is 0 Å². The van der Waals surface area contributed by atoms with Crippen molar-refractivity contribution in [2.75, 3.05) is 7.05 Å². The van der Waals surface area contributed by atoms with Gasteiger partial charge >= 0.3 is 0 Å². The average Bonchev–Trinajstić information content (AvgIpc) is 2.68. The van der Waals surface area contributed by atoms with Crippen molar-refractivity contribution < 1.29 is 8.42 Å². The van der Waals surface area contributed by atoms with Gasteiger partial charge in [-0.2, -0.15) is 4.31 Å². The van der Waals surface area contributed by atoms with Gasteiger partial charge in [-0.25, -0.2) is 8.42 Å². The SMILES string of the molecule is CCCCCCC#CC(c1ccccc1)N(C)S(=O)(=O)c1ccc(C)cc1. The van der Waals surface area contributed by atoms with Crippen LogP contribution < -0.4 is 0 Å². The minimum Gasteiger partial charge on any atom is -0.207 e.